The van der Waals surface area contributed by atoms with Gasteiger partial charge in [0.1, 0.15) is 0 Å². The van der Waals surface area contributed by atoms with Crippen LogP contribution in [0.1, 0.15) is 38.5 Å². The highest BCUT2D eigenvalue weighted by molar-refractivity contribution is 5.10. The molecule has 4 fully saturated rings. The molecule has 2 N–H and O–H groups in total. The number of allylic oxidation sites excluding steroid dienone is 1. The number of hydrogen-bond acceptors (Lipinski definition) is 1. The van der Waals surface area contributed by atoms with E-state index in [1.54, 1.807) is 0 Å². The number of hydrogen-bond donors (Lipinski definition) is 1. The van der Waals surface area contributed by atoms with Crippen molar-refractivity contribution in [2.45, 2.75) is 38.5 Å². The SMILES string of the molecule is NCC=CC12CC3CC(CC(C3)C1)C2. The molecule has 0 aromatic heterocycles. The second kappa shape index (κ2) is 3.10. The van der Waals surface area contributed by atoms with Gasteiger partial charge in [-0.15, -0.1) is 0 Å². The van der Waals surface area contributed by atoms with Gasteiger partial charge >= 0.3 is 0 Å². The molecule has 4 bridgehead atoms. The second-order valence-electron chi connectivity index (χ2n) is 5.92. The van der Waals surface area contributed by atoms with Crippen LogP contribution in [0.2, 0.25) is 0 Å². The van der Waals surface area contributed by atoms with Crippen LogP contribution in [-0.2, 0) is 0 Å². The maximum atomic E-state index is 5.57. The van der Waals surface area contributed by atoms with Crippen LogP contribution in [0, 0.1) is 23.2 Å². The summed E-state index contributed by atoms with van der Waals surface area (Å²) in [7, 11) is 0. The summed E-state index contributed by atoms with van der Waals surface area (Å²) in [6, 6.07) is 0. The lowest BCUT2D eigenvalue weighted by molar-refractivity contribution is -0.0238. The third kappa shape index (κ3) is 1.33. The maximum absolute atomic E-state index is 5.57. The minimum atomic E-state index is 0.591. The Hall–Kier alpha value is -0.300. The Morgan fingerprint density at radius 3 is 1.93 bits per heavy atom. The van der Waals surface area contributed by atoms with Crippen molar-refractivity contribution in [2.24, 2.45) is 28.9 Å². The van der Waals surface area contributed by atoms with E-state index in [1.807, 2.05) is 0 Å². The molecule has 0 amide bonds. The average molecular weight is 191 g/mol. The van der Waals surface area contributed by atoms with Gasteiger partial charge in [0.2, 0.25) is 0 Å². The van der Waals surface area contributed by atoms with Crippen LogP contribution < -0.4 is 5.73 Å². The van der Waals surface area contributed by atoms with Gasteiger partial charge < -0.3 is 5.73 Å². The van der Waals surface area contributed by atoms with E-state index in [1.165, 1.54) is 38.5 Å². The molecule has 0 aromatic carbocycles. The Morgan fingerprint density at radius 1 is 1.00 bits per heavy atom. The summed E-state index contributed by atoms with van der Waals surface area (Å²) in [4.78, 5) is 0. The topological polar surface area (TPSA) is 26.0 Å². The van der Waals surface area contributed by atoms with Gasteiger partial charge in [0, 0.05) is 6.54 Å². The van der Waals surface area contributed by atoms with E-state index in [0.717, 1.165) is 24.3 Å². The zero-order valence-corrected chi connectivity index (χ0v) is 8.91. The molecule has 0 radical (unpaired) electrons. The summed E-state index contributed by atoms with van der Waals surface area (Å²) < 4.78 is 0. The molecule has 14 heavy (non-hydrogen) atoms. The molecular weight excluding hydrogens is 170 g/mol. The summed E-state index contributed by atoms with van der Waals surface area (Å²) in [5.74, 6) is 3.18. The first-order chi connectivity index (χ1) is 6.80. The summed E-state index contributed by atoms with van der Waals surface area (Å²) in [6.07, 6.45) is 13.7. The Morgan fingerprint density at radius 2 is 1.50 bits per heavy atom. The minimum Gasteiger partial charge on any atom is -0.327 e. The molecule has 1 heteroatoms. The molecule has 0 aromatic rings. The van der Waals surface area contributed by atoms with Crippen molar-refractivity contribution in [1.82, 2.24) is 0 Å². The summed E-state index contributed by atoms with van der Waals surface area (Å²) >= 11 is 0. The van der Waals surface area contributed by atoms with E-state index in [9.17, 15) is 0 Å². The normalized spacial score (nSPS) is 50.5. The lowest BCUT2D eigenvalue weighted by Crippen LogP contribution is -2.45. The third-order valence-electron chi connectivity index (χ3n) is 4.69. The highest BCUT2D eigenvalue weighted by atomic mass is 14.5. The van der Waals surface area contributed by atoms with Gasteiger partial charge in [-0.3, -0.25) is 0 Å². The highest BCUT2D eigenvalue weighted by Gasteiger charge is 2.49. The van der Waals surface area contributed by atoms with Crippen LogP contribution >= 0.6 is 0 Å². The molecule has 1 nitrogen and oxygen atoms in total. The van der Waals surface area contributed by atoms with Crippen LogP contribution in [0.15, 0.2) is 12.2 Å². The predicted octanol–water partition coefficient (Wildman–Crippen LogP) is 2.72. The van der Waals surface area contributed by atoms with Crippen LogP contribution in [0.25, 0.3) is 0 Å². The molecule has 4 aliphatic carbocycles. The van der Waals surface area contributed by atoms with Crippen LogP contribution in [-0.4, -0.2) is 6.54 Å². The van der Waals surface area contributed by atoms with Gasteiger partial charge in [-0.2, -0.15) is 0 Å². The van der Waals surface area contributed by atoms with Gasteiger partial charge in [-0.25, -0.2) is 0 Å². The first-order valence-corrected chi connectivity index (χ1v) is 6.17. The summed E-state index contributed by atoms with van der Waals surface area (Å²) in [6.45, 7) is 0.724. The quantitative estimate of drug-likeness (QED) is 0.667. The van der Waals surface area contributed by atoms with Crippen LogP contribution in [0.5, 0.6) is 0 Å². The Balaban J connectivity index is 1.84. The second-order valence-corrected chi connectivity index (χ2v) is 5.92. The molecule has 4 aliphatic rings. The molecule has 4 saturated carbocycles. The van der Waals surface area contributed by atoms with Crippen molar-refractivity contribution in [3.05, 3.63) is 12.2 Å². The Bertz CT molecular complexity index is 219. The maximum Gasteiger partial charge on any atom is 0.0107 e. The molecule has 78 valence electrons. The lowest BCUT2D eigenvalue weighted by atomic mass is 9.49. The van der Waals surface area contributed by atoms with Crippen molar-refractivity contribution in [1.29, 1.82) is 0 Å². The lowest BCUT2D eigenvalue weighted by Gasteiger charge is -2.55. The van der Waals surface area contributed by atoms with Crippen molar-refractivity contribution in [3.63, 3.8) is 0 Å². The van der Waals surface area contributed by atoms with Gasteiger partial charge in [0.15, 0.2) is 0 Å². The smallest absolute Gasteiger partial charge is 0.0107 e. The van der Waals surface area contributed by atoms with Gasteiger partial charge in [-0.1, -0.05) is 12.2 Å². The van der Waals surface area contributed by atoms with E-state index in [4.69, 9.17) is 5.73 Å². The molecular formula is C13H21N. The van der Waals surface area contributed by atoms with E-state index < -0.39 is 0 Å². The van der Waals surface area contributed by atoms with Crippen LogP contribution in [0.4, 0.5) is 0 Å². The first-order valence-electron chi connectivity index (χ1n) is 6.17. The molecule has 4 rings (SSSR count). The van der Waals surface area contributed by atoms with E-state index in [0.29, 0.717) is 5.41 Å². The zero-order valence-electron chi connectivity index (χ0n) is 8.91. The van der Waals surface area contributed by atoms with Crippen LogP contribution in [0.3, 0.4) is 0 Å². The minimum absolute atomic E-state index is 0.591. The fourth-order valence-corrected chi connectivity index (χ4v) is 4.70. The molecule has 0 atom stereocenters. The summed E-state index contributed by atoms with van der Waals surface area (Å²) in [5.41, 5.74) is 6.16. The molecule has 0 heterocycles. The Kier molecular flexibility index (Phi) is 1.98. The first kappa shape index (κ1) is 8.96. The average Bonchev–Trinajstić information content (AvgIpc) is 2.12. The number of rotatable bonds is 2. The van der Waals surface area contributed by atoms with Crippen molar-refractivity contribution in [2.75, 3.05) is 6.54 Å². The Labute approximate surface area is 86.8 Å². The highest BCUT2D eigenvalue weighted by Crippen LogP contribution is 2.60. The molecule has 0 saturated heterocycles. The predicted molar refractivity (Wildman–Crippen MR) is 58.8 cm³/mol. The summed E-state index contributed by atoms with van der Waals surface area (Å²) in [5, 5.41) is 0. The largest absolute Gasteiger partial charge is 0.327 e. The number of nitrogens with two attached hydrogens (primary N) is 1. The van der Waals surface area contributed by atoms with Crippen molar-refractivity contribution in [3.8, 4) is 0 Å². The van der Waals surface area contributed by atoms with Crippen molar-refractivity contribution >= 4 is 0 Å². The van der Waals surface area contributed by atoms with Gasteiger partial charge in [0.05, 0.1) is 0 Å². The fourth-order valence-electron chi connectivity index (χ4n) is 4.70. The van der Waals surface area contributed by atoms with E-state index in [-0.39, 0.29) is 0 Å². The molecule has 0 unspecified atom stereocenters. The molecule has 0 aliphatic heterocycles. The molecule has 0 spiro atoms. The standard InChI is InChI=1S/C13H21N/c14-3-1-2-13-7-10-4-11(8-13)6-12(5-10)9-13/h1-2,10-12H,3-9,14H2. The van der Waals surface area contributed by atoms with E-state index >= 15 is 0 Å². The monoisotopic (exact) mass is 191 g/mol. The van der Waals surface area contributed by atoms with Crippen molar-refractivity contribution < 1.29 is 0 Å². The van der Waals surface area contributed by atoms with E-state index in [2.05, 4.69) is 12.2 Å². The fraction of sp³-hybridized carbons (Fsp3) is 0.846. The third-order valence-corrected chi connectivity index (χ3v) is 4.69. The van der Waals surface area contributed by atoms with Gasteiger partial charge in [-0.05, 0) is 61.7 Å². The zero-order chi connectivity index (χ0) is 9.60. The van der Waals surface area contributed by atoms with Gasteiger partial charge in [0.25, 0.3) is 0 Å².